The summed E-state index contributed by atoms with van der Waals surface area (Å²) in [5, 5.41) is 7.26. The fourth-order valence-corrected chi connectivity index (χ4v) is 3.44. The van der Waals surface area contributed by atoms with Crippen LogP contribution in [-0.4, -0.2) is 19.6 Å². The van der Waals surface area contributed by atoms with Crippen molar-refractivity contribution >= 4 is 33.6 Å². The summed E-state index contributed by atoms with van der Waals surface area (Å²) in [4.78, 5) is 10.5. The van der Waals surface area contributed by atoms with Crippen molar-refractivity contribution in [3.63, 3.8) is 0 Å². The third kappa shape index (κ3) is 1.32. The number of nitrogens with two attached hydrogens (primary N) is 1. The average molecular weight is 251 g/mol. The van der Waals surface area contributed by atoms with Crippen molar-refractivity contribution in [2.75, 3.05) is 5.73 Å². The Labute approximate surface area is 99.6 Å². The van der Waals surface area contributed by atoms with Gasteiger partial charge >= 0.3 is 0 Å². The molecule has 0 amide bonds. The minimum Gasteiger partial charge on any atom is -0.366 e. The van der Waals surface area contributed by atoms with Gasteiger partial charge in [0.05, 0.1) is 21.3 Å². The molecule has 3 rings (SSSR count). The van der Waals surface area contributed by atoms with E-state index in [-0.39, 0.29) is 0 Å². The van der Waals surface area contributed by atoms with E-state index in [0.29, 0.717) is 5.95 Å². The Bertz CT molecular complexity index is 663. The zero-order valence-corrected chi connectivity index (χ0v) is 10.4. The van der Waals surface area contributed by atoms with Gasteiger partial charge in [0.15, 0.2) is 0 Å². The predicted octanol–water partition coefficient (Wildman–Crippen LogP) is 2.11. The number of aromatic nitrogens is 4. The highest BCUT2D eigenvalue weighted by molar-refractivity contribution is 7.17. The molecule has 7 heteroatoms. The molecule has 0 fully saturated rings. The van der Waals surface area contributed by atoms with E-state index in [2.05, 4.69) is 15.1 Å². The lowest BCUT2D eigenvalue weighted by atomic mass is 10.3. The second-order valence-electron chi connectivity index (χ2n) is 3.43. The van der Waals surface area contributed by atoms with Crippen LogP contribution in [0.2, 0.25) is 0 Å². The first kappa shape index (κ1) is 9.73. The third-order valence-corrected chi connectivity index (χ3v) is 4.15. The van der Waals surface area contributed by atoms with Gasteiger partial charge in [-0.05, 0) is 13.8 Å². The van der Waals surface area contributed by atoms with Crippen molar-refractivity contribution in [3.8, 4) is 10.6 Å². The fourth-order valence-electron chi connectivity index (χ4n) is 1.62. The molecule has 2 N–H and O–H groups in total. The Morgan fingerprint density at radius 3 is 2.81 bits per heavy atom. The summed E-state index contributed by atoms with van der Waals surface area (Å²) in [6.45, 7) is 4.00. The summed E-state index contributed by atoms with van der Waals surface area (Å²) in [5.41, 5.74) is 7.62. The summed E-state index contributed by atoms with van der Waals surface area (Å²) in [7, 11) is 0. The molecule has 0 aliphatic heterocycles. The minimum absolute atomic E-state index is 0.312. The molecule has 0 radical (unpaired) electrons. The molecule has 3 aromatic heterocycles. The number of fused-ring (bicyclic) bond motifs is 1. The summed E-state index contributed by atoms with van der Waals surface area (Å²) in [6, 6.07) is 0. The normalized spacial score (nSPS) is 11.4. The number of nitrogens with zero attached hydrogens (tertiary/aromatic N) is 4. The SMILES string of the molecule is Cc1nc(C)c(-c2csc3nc(N)nn23)s1. The largest absolute Gasteiger partial charge is 0.366 e. The van der Waals surface area contributed by atoms with E-state index in [9.17, 15) is 0 Å². The van der Waals surface area contributed by atoms with Crippen molar-refractivity contribution in [3.05, 3.63) is 16.1 Å². The van der Waals surface area contributed by atoms with E-state index >= 15 is 0 Å². The molecule has 82 valence electrons. The lowest BCUT2D eigenvalue weighted by Gasteiger charge is -1.94. The summed E-state index contributed by atoms with van der Waals surface area (Å²) in [6.07, 6.45) is 0. The highest BCUT2D eigenvalue weighted by atomic mass is 32.1. The van der Waals surface area contributed by atoms with E-state index < -0.39 is 0 Å². The molecule has 0 aromatic carbocycles. The third-order valence-electron chi connectivity index (χ3n) is 2.23. The van der Waals surface area contributed by atoms with E-state index in [1.807, 2.05) is 19.2 Å². The van der Waals surface area contributed by atoms with Gasteiger partial charge in [-0.15, -0.1) is 27.8 Å². The van der Waals surface area contributed by atoms with Gasteiger partial charge in [0, 0.05) is 5.38 Å². The van der Waals surface area contributed by atoms with Crippen LogP contribution in [0, 0.1) is 13.8 Å². The molecule has 0 aliphatic rings. The Balaban J connectivity index is 2.29. The first-order valence-corrected chi connectivity index (χ1v) is 6.39. The minimum atomic E-state index is 0.312. The first-order chi connectivity index (χ1) is 7.65. The molecule has 16 heavy (non-hydrogen) atoms. The number of aryl methyl sites for hydroxylation is 2. The van der Waals surface area contributed by atoms with Crippen LogP contribution in [0.5, 0.6) is 0 Å². The zero-order chi connectivity index (χ0) is 11.3. The van der Waals surface area contributed by atoms with E-state index in [1.165, 1.54) is 11.3 Å². The molecule has 0 saturated heterocycles. The molecule has 0 bridgehead atoms. The second kappa shape index (κ2) is 3.26. The van der Waals surface area contributed by atoms with E-state index in [0.717, 1.165) is 26.2 Å². The molecule has 0 aliphatic carbocycles. The van der Waals surface area contributed by atoms with E-state index in [1.54, 1.807) is 15.9 Å². The zero-order valence-electron chi connectivity index (χ0n) is 8.76. The van der Waals surface area contributed by atoms with Crippen LogP contribution in [0.25, 0.3) is 15.5 Å². The molecule has 0 saturated carbocycles. The van der Waals surface area contributed by atoms with Gasteiger partial charge in [-0.3, -0.25) is 0 Å². The molecular formula is C9H9N5S2. The average Bonchev–Trinajstić information content (AvgIpc) is 2.80. The maximum Gasteiger partial charge on any atom is 0.241 e. The van der Waals surface area contributed by atoms with Crippen LogP contribution >= 0.6 is 22.7 Å². The summed E-state index contributed by atoms with van der Waals surface area (Å²) in [5.74, 6) is 0.312. The number of thiazole rings is 2. The van der Waals surface area contributed by atoms with Crippen molar-refractivity contribution < 1.29 is 0 Å². The van der Waals surface area contributed by atoms with Crippen molar-refractivity contribution in [1.82, 2.24) is 19.6 Å². The maximum atomic E-state index is 5.58. The summed E-state index contributed by atoms with van der Waals surface area (Å²) < 4.78 is 1.78. The number of anilines is 1. The van der Waals surface area contributed by atoms with Gasteiger partial charge in [0.25, 0.3) is 0 Å². The molecule has 3 heterocycles. The second-order valence-corrected chi connectivity index (χ2v) is 5.47. The summed E-state index contributed by atoms with van der Waals surface area (Å²) >= 11 is 3.20. The van der Waals surface area contributed by atoms with Crippen LogP contribution < -0.4 is 5.73 Å². The van der Waals surface area contributed by atoms with E-state index in [4.69, 9.17) is 5.73 Å². The lowest BCUT2D eigenvalue weighted by Crippen LogP contribution is -1.91. The Hall–Kier alpha value is -1.47. The van der Waals surface area contributed by atoms with Crippen LogP contribution in [0.15, 0.2) is 5.38 Å². The molecule has 0 unspecified atom stereocenters. The van der Waals surface area contributed by atoms with Gasteiger partial charge in [-0.25, -0.2) is 9.50 Å². The number of rotatable bonds is 1. The number of nitrogen functional groups attached to an aromatic ring is 1. The highest BCUT2D eigenvalue weighted by Crippen LogP contribution is 2.32. The topological polar surface area (TPSA) is 69.1 Å². The Morgan fingerprint density at radius 2 is 2.12 bits per heavy atom. The van der Waals surface area contributed by atoms with Crippen LogP contribution in [0.4, 0.5) is 5.95 Å². The first-order valence-electron chi connectivity index (χ1n) is 4.69. The highest BCUT2D eigenvalue weighted by Gasteiger charge is 2.14. The van der Waals surface area contributed by atoms with Crippen LogP contribution in [0.3, 0.4) is 0 Å². The van der Waals surface area contributed by atoms with Crippen molar-refractivity contribution in [2.45, 2.75) is 13.8 Å². The Kier molecular flexibility index (Phi) is 1.98. The Morgan fingerprint density at radius 1 is 1.31 bits per heavy atom. The number of hydrogen-bond donors (Lipinski definition) is 1. The van der Waals surface area contributed by atoms with Crippen LogP contribution in [-0.2, 0) is 0 Å². The molecule has 0 spiro atoms. The monoisotopic (exact) mass is 251 g/mol. The van der Waals surface area contributed by atoms with Gasteiger partial charge < -0.3 is 5.73 Å². The van der Waals surface area contributed by atoms with Crippen molar-refractivity contribution in [1.29, 1.82) is 0 Å². The molecule has 0 atom stereocenters. The standard InChI is InChI=1S/C9H9N5S2/c1-4-7(16-5(2)11-4)6-3-15-9-12-8(10)13-14(6)9/h3H,1-2H3,(H2,10,13). The molecule has 5 nitrogen and oxygen atoms in total. The van der Waals surface area contributed by atoms with Gasteiger partial charge in [-0.1, -0.05) is 0 Å². The van der Waals surface area contributed by atoms with Gasteiger partial charge in [0.2, 0.25) is 10.9 Å². The molecular weight excluding hydrogens is 242 g/mol. The van der Waals surface area contributed by atoms with Gasteiger partial charge in [0.1, 0.15) is 0 Å². The lowest BCUT2D eigenvalue weighted by molar-refractivity contribution is 0.992. The fraction of sp³-hybridized carbons (Fsp3) is 0.222. The smallest absolute Gasteiger partial charge is 0.241 e. The van der Waals surface area contributed by atoms with Gasteiger partial charge in [-0.2, -0.15) is 4.98 Å². The van der Waals surface area contributed by atoms with Crippen molar-refractivity contribution in [2.24, 2.45) is 0 Å². The molecule has 3 aromatic rings. The predicted molar refractivity (Wildman–Crippen MR) is 65.9 cm³/mol. The maximum absolute atomic E-state index is 5.58. The number of hydrogen-bond acceptors (Lipinski definition) is 6. The quantitative estimate of drug-likeness (QED) is 0.719. The van der Waals surface area contributed by atoms with Crippen LogP contribution in [0.1, 0.15) is 10.7 Å².